The molecule has 1 aromatic rings. The third-order valence-electron chi connectivity index (χ3n) is 3.76. The normalized spacial score (nSPS) is 11.0. The second kappa shape index (κ2) is 5.96. The van der Waals surface area contributed by atoms with Gasteiger partial charge in [-0.3, -0.25) is 9.36 Å². The maximum absolute atomic E-state index is 13.7. The van der Waals surface area contributed by atoms with Crippen LogP contribution in [0.25, 0.3) is 22.9 Å². The first-order valence-corrected chi connectivity index (χ1v) is 7.34. The predicted octanol–water partition coefficient (Wildman–Crippen LogP) is -0.0902. The summed E-state index contributed by atoms with van der Waals surface area (Å²) in [7, 11) is 2.58. The van der Waals surface area contributed by atoms with Crippen molar-refractivity contribution in [2.75, 3.05) is 7.11 Å². The lowest BCUT2D eigenvalue weighted by atomic mass is 10.1. The molecule has 0 N–H and O–H groups in total. The molecule has 0 aromatic heterocycles. The van der Waals surface area contributed by atoms with E-state index in [9.17, 15) is 19.2 Å². The van der Waals surface area contributed by atoms with Crippen LogP contribution in [0, 0.1) is 11.0 Å². The van der Waals surface area contributed by atoms with Crippen molar-refractivity contribution in [1.29, 1.82) is 0 Å². The van der Waals surface area contributed by atoms with E-state index in [0.717, 1.165) is 10.6 Å². The first kappa shape index (κ1) is 16.6. The summed E-state index contributed by atoms with van der Waals surface area (Å²) >= 11 is 0. The Morgan fingerprint density at radius 1 is 1.36 bits per heavy atom. The molecule has 0 atom stereocenters. The van der Waals surface area contributed by atoms with E-state index in [1.807, 2.05) is 0 Å². The van der Waals surface area contributed by atoms with Crippen molar-refractivity contribution in [3.05, 3.63) is 50.1 Å². The molecule has 0 spiro atoms. The molecule has 0 bridgehead atoms. The summed E-state index contributed by atoms with van der Waals surface area (Å²) in [5, 5.41) is 16.9. The zero-order valence-corrected chi connectivity index (χ0v) is 13.7. The second-order valence-electron chi connectivity index (χ2n) is 5.21. The van der Waals surface area contributed by atoms with Crippen LogP contribution in [0.3, 0.4) is 0 Å². The van der Waals surface area contributed by atoms with E-state index in [1.165, 1.54) is 31.0 Å². The van der Waals surface area contributed by atoms with Crippen molar-refractivity contribution in [2.24, 2.45) is 7.05 Å². The molecule has 130 valence electrons. The van der Waals surface area contributed by atoms with Gasteiger partial charge in [0.2, 0.25) is 11.5 Å². The predicted molar refractivity (Wildman–Crippen MR) is 84.7 cm³/mol. The Morgan fingerprint density at radius 3 is 2.72 bits per heavy atom. The number of rotatable bonds is 3. The monoisotopic (exact) mass is 347 g/mol. The molecule has 10 heteroatoms. The number of aromatic nitrogens is 5. The molecule has 0 saturated carbocycles. The summed E-state index contributed by atoms with van der Waals surface area (Å²) in [6.07, 6.45) is 0. The minimum absolute atomic E-state index is 0.0786. The molecule has 25 heavy (non-hydrogen) atoms. The van der Waals surface area contributed by atoms with Crippen LogP contribution in [0.1, 0.15) is 6.92 Å². The summed E-state index contributed by atoms with van der Waals surface area (Å²) < 4.78 is 21.0. The number of nitrogens with zero attached hydrogens (tertiary/aromatic N) is 5. The fourth-order valence-electron chi connectivity index (χ4n) is 2.46. The molecule has 0 aliphatic carbocycles. The van der Waals surface area contributed by atoms with E-state index in [0.29, 0.717) is 0 Å². The maximum atomic E-state index is 13.7. The average molecular weight is 347 g/mol. The van der Waals surface area contributed by atoms with Crippen LogP contribution < -0.4 is 20.7 Å². The lowest BCUT2D eigenvalue weighted by Crippen LogP contribution is -2.47. The molecule has 9 nitrogen and oxygen atoms in total. The summed E-state index contributed by atoms with van der Waals surface area (Å²) in [5.74, 6) is -0.750. The van der Waals surface area contributed by atoms with Crippen LogP contribution in [0.4, 0.5) is 4.39 Å². The molecule has 0 saturated heterocycles. The minimum atomic E-state index is -0.814. The van der Waals surface area contributed by atoms with Gasteiger partial charge in [0.1, 0.15) is 17.1 Å². The van der Waals surface area contributed by atoms with Crippen LogP contribution in [-0.4, -0.2) is 26.4 Å². The number of hydrogen-bond acceptors (Lipinski definition) is 6. The van der Waals surface area contributed by atoms with Crippen molar-refractivity contribution >= 4 is 0 Å². The Bertz CT molecular complexity index is 1060. The molecule has 0 amide bonds. The Kier molecular flexibility index (Phi) is 3.95. The molecule has 1 aromatic carbocycles. The summed E-state index contributed by atoms with van der Waals surface area (Å²) in [6, 6.07) is 3.61. The number of halogens is 1. The first-order valence-electron chi connectivity index (χ1n) is 7.34. The topological polar surface area (TPSA) is 106 Å². The maximum Gasteiger partial charge on any atom is 0.363 e. The van der Waals surface area contributed by atoms with E-state index in [2.05, 4.69) is 10.1 Å². The number of ether oxygens (including phenoxy) is 1. The van der Waals surface area contributed by atoms with E-state index in [4.69, 9.17) is 4.74 Å². The largest absolute Gasteiger partial charge is 0.710 e. The Hall–Kier alpha value is -3.30. The number of methoxy groups -OCH3 is 1. The number of aryl methyl sites for hydroxylation is 1. The van der Waals surface area contributed by atoms with Crippen LogP contribution in [0.15, 0.2) is 27.8 Å². The molecular weight excluding hydrogens is 333 g/mol. The third-order valence-corrected chi connectivity index (χ3v) is 3.76. The van der Waals surface area contributed by atoms with Gasteiger partial charge in [-0.25, -0.2) is 13.9 Å². The smallest absolute Gasteiger partial charge is 0.363 e. The number of benzene rings is 1. The number of hydrogen-bond donors (Lipinski definition) is 0. The standard InChI is InChI=1S/C15H14FN5O4/c1-4-20-13-11(14(22)19(2)15(23)17-13)21(24)12(18-20)9-7-8(16)5-6-10(9)25-3/h5-7H,4H2,1-3H3. The highest BCUT2D eigenvalue weighted by Crippen LogP contribution is 2.28. The molecule has 0 fully saturated rings. The number of fused-ring (bicyclic) bond motifs is 1. The molecule has 3 rings (SSSR count). The molecule has 0 radical (unpaired) electrons. The van der Waals surface area contributed by atoms with Gasteiger partial charge in [0.15, 0.2) is 0 Å². The first-order chi connectivity index (χ1) is 11.9. The summed E-state index contributed by atoms with van der Waals surface area (Å²) in [5.41, 5.74) is -1.89. The van der Waals surface area contributed by atoms with Gasteiger partial charge in [0, 0.05) is 7.05 Å². The molecular formula is C15H14FN5O4. The van der Waals surface area contributed by atoms with Crippen molar-refractivity contribution < 1.29 is 13.9 Å². The molecule has 2 heterocycles. The fourth-order valence-corrected chi connectivity index (χ4v) is 2.46. The Balaban J connectivity index is 2.49. The second-order valence-corrected chi connectivity index (χ2v) is 5.21. The van der Waals surface area contributed by atoms with E-state index in [-0.39, 0.29) is 39.9 Å². The lowest BCUT2D eigenvalue weighted by Gasteiger charge is -2.16. The van der Waals surface area contributed by atoms with Gasteiger partial charge in [-0.15, -0.1) is 0 Å². The highest BCUT2D eigenvalue weighted by molar-refractivity contribution is 5.63. The molecule has 0 unspecified atom stereocenters. The van der Waals surface area contributed by atoms with Gasteiger partial charge in [-0.2, -0.15) is 9.67 Å². The Morgan fingerprint density at radius 2 is 2.08 bits per heavy atom. The van der Waals surface area contributed by atoms with E-state index < -0.39 is 17.1 Å². The highest BCUT2D eigenvalue weighted by Gasteiger charge is 2.30. The van der Waals surface area contributed by atoms with Gasteiger partial charge >= 0.3 is 17.1 Å². The van der Waals surface area contributed by atoms with Crippen molar-refractivity contribution in [1.82, 2.24) is 19.3 Å². The molecule has 2 aliphatic rings. The Labute approximate surface area is 140 Å². The average Bonchev–Trinajstić information content (AvgIpc) is 2.60. The van der Waals surface area contributed by atoms with Gasteiger partial charge in [-0.05, 0) is 25.1 Å². The summed E-state index contributed by atoms with van der Waals surface area (Å²) in [4.78, 5) is 27.9. The van der Waals surface area contributed by atoms with Crippen LogP contribution in [0.2, 0.25) is 0 Å². The third kappa shape index (κ3) is 2.51. The van der Waals surface area contributed by atoms with Crippen LogP contribution in [0.5, 0.6) is 5.75 Å². The molecule has 2 aliphatic heterocycles. The van der Waals surface area contributed by atoms with Gasteiger partial charge < -0.3 is 9.94 Å². The van der Waals surface area contributed by atoms with Gasteiger partial charge in [0.25, 0.3) is 0 Å². The van der Waals surface area contributed by atoms with Crippen molar-refractivity contribution in [2.45, 2.75) is 13.5 Å². The summed E-state index contributed by atoms with van der Waals surface area (Å²) in [6.45, 7) is 1.94. The highest BCUT2D eigenvalue weighted by atomic mass is 19.1. The van der Waals surface area contributed by atoms with Crippen molar-refractivity contribution in [3.8, 4) is 28.7 Å². The van der Waals surface area contributed by atoms with Gasteiger partial charge in [-0.1, -0.05) is 0 Å². The minimum Gasteiger partial charge on any atom is -0.710 e. The van der Waals surface area contributed by atoms with E-state index in [1.54, 1.807) is 6.92 Å². The SMILES string of the molecule is CCn1nc(-c2cc(F)ccc2OC)[n+]([O-])c2c(=O)n(C)c(=O)nc1-2. The lowest BCUT2D eigenvalue weighted by molar-refractivity contribution is -0.587. The van der Waals surface area contributed by atoms with Gasteiger partial charge in [0.05, 0.1) is 18.8 Å². The van der Waals surface area contributed by atoms with Crippen LogP contribution in [-0.2, 0) is 13.6 Å². The fraction of sp³-hybridized carbons (Fsp3) is 0.267. The quantitative estimate of drug-likeness (QED) is 0.484. The van der Waals surface area contributed by atoms with Crippen molar-refractivity contribution in [3.63, 3.8) is 0 Å². The zero-order valence-electron chi connectivity index (χ0n) is 13.7. The van der Waals surface area contributed by atoms with E-state index >= 15 is 0 Å². The zero-order chi connectivity index (χ0) is 18.3. The van der Waals surface area contributed by atoms with Crippen LogP contribution >= 0.6 is 0 Å².